The summed E-state index contributed by atoms with van der Waals surface area (Å²) in [4.78, 5) is 2.43. The van der Waals surface area contributed by atoms with Crippen LogP contribution in [-0.4, -0.2) is 31.2 Å². The highest BCUT2D eigenvalue weighted by atomic mass is 19.1. The molecule has 1 aliphatic heterocycles. The molecule has 2 heteroatoms. The van der Waals surface area contributed by atoms with Crippen LogP contribution >= 0.6 is 0 Å². The van der Waals surface area contributed by atoms with E-state index < -0.39 is 0 Å². The smallest absolute Gasteiger partial charge is 0.0935 e. The molecule has 2 rings (SSSR count). The van der Waals surface area contributed by atoms with Crippen LogP contribution in [0.1, 0.15) is 19.3 Å². The van der Waals surface area contributed by atoms with Gasteiger partial charge in [0.15, 0.2) is 0 Å². The van der Waals surface area contributed by atoms with E-state index >= 15 is 0 Å². The van der Waals surface area contributed by atoms with Gasteiger partial charge in [-0.2, -0.15) is 0 Å². The first-order chi connectivity index (χ1) is 5.38. The first-order valence-corrected chi connectivity index (χ1v) is 4.67. The van der Waals surface area contributed by atoms with Crippen molar-refractivity contribution in [3.8, 4) is 0 Å². The van der Waals surface area contributed by atoms with Gasteiger partial charge in [-0.15, -0.1) is 0 Å². The van der Waals surface area contributed by atoms with E-state index in [-0.39, 0.29) is 6.67 Å². The van der Waals surface area contributed by atoms with Crippen molar-refractivity contribution in [2.24, 2.45) is 11.8 Å². The van der Waals surface area contributed by atoms with Crippen molar-refractivity contribution in [2.75, 3.05) is 26.3 Å². The lowest BCUT2D eigenvalue weighted by Crippen LogP contribution is -2.23. The number of hydrogen-bond acceptors (Lipinski definition) is 1. The predicted molar refractivity (Wildman–Crippen MR) is 43.2 cm³/mol. The molecule has 64 valence electrons. The average molecular weight is 157 g/mol. The molecule has 0 aromatic rings. The summed E-state index contributed by atoms with van der Waals surface area (Å²) in [5.74, 6) is 1.32. The lowest BCUT2D eigenvalue weighted by atomic mass is 10.1. The maximum absolute atomic E-state index is 12.2. The van der Waals surface area contributed by atoms with Gasteiger partial charge in [0.1, 0.15) is 0 Å². The zero-order valence-electron chi connectivity index (χ0n) is 6.93. The third-order valence-electron chi connectivity index (χ3n) is 2.80. The van der Waals surface area contributed by atoms with E-state index in [1.165, 1.54) is 19.4 Å². The summed E-state index contributed by atoms with van der Waals surface area (Å²) in [5.41, 5.74) is 0. The summed E-state index contributed by atoms with van der Waals surface area (Å²) in [6.45, 7) is 3.30. The molecular weight excluding hydrogens is 141 g/mol. The van der Waals surface area contributed by atoms with Gasteiger partial charge in [0, 0.05) is 19.0 Å². The van der Waals surface area contributed by atoms with Crippen molar-refractivity contribution in [1.82, 2.24) is 4.90 Å². The van der Waals surface area contributed by atoms with Crippen LogP contribution in [-0.2, 0) is 0 Å². The van der Waals surface area contributed by atoms with Gasteiger partial charge in [0.2, 0.25) is 0 Å². The zero-order chi connectivity index (χ0) is 7.68. The van der Waals surface area contributed by atoms with Crippen molar-refractivity contribution in [2.45, 2.75) is 19.3 Å². The van der Waals surface area contributed by atoms with Crippen molar-refractivity contribution >= 4 is 0 Å². The molecule has 0 spiro atoms. The SMILES string of the molecule is FC[C@@H]1CCN(CC2CC2)C1. The Morgan fingerprint density at radius 3 is 2.55 bits per heavy atom. The molecule has 0 bridgehead atoms. The Bertz CT molecular complexity index is 134. The Morgan fingerprint density at radius 1 is 1.18 bits per heavy atom. The standard InChI is InChI=1S/C9H16FN/c10-5-9-3-4-11(7-9)6-8-1-2-8/h8-9H,1-7H2/t9-/m0/s1. The first-order valence-electron chi connectivity index (χ1n) is 4.67. The summed E-state index contributed by atoms with van der Waals surface area (Å²) in [6.07, 6.45) is 3.91. The highest BCUT2D eigenvalue weighted by Crippen LogP contribution is 2.31. The van der Waals surface area contributed by atoms with Crippen LogP contribution in [0.15, 0.2) is 0 Å². The quantitative estimate of drug-likeness (QED) is 0.602. The molecule has 0 amide bonds. The molecular formula is C9H16FN. The molecule has 0 N–H and O–H groups in total. The maximum atomic E-state index is 12.2. The van der Waals surface area contributed by atoms with Gasteiger partial charge in [0.05, 0.1) is 6.67 Å². The summed E-state index contributed by atoms with van der Waals surface area (Å²) in [5, 5.41) is 0. The Balaban J connectivity index is 1.70. The van der Waals surface area contributed by atoms with Crippen LogP contribution in [0.2, 0.25) is 0 Å². The van der Waals surface area contributed by atoms with Crippen molar-refractivity contribution < 1.29 is 4.39 Å². The van der Waals surface area contributed by atoms with Gasteiger partial charge in [-0.05, 0) is 31.7 Å². The summed E-state index contributed by atoms with van der Waals surface area (Å²) < 4.78 is 12.2. The van der Waals surface area contributed by atoms with Crippen molar-refractivity contribution in [3.63, 3.8) is 0 Å². The molecule has 0 aromatic heterocycles. The van der Waals surface area contributed by atoms with E-state index in [0.717, 1.165) is 25.4 Å². The second kappa shape index (κ2) is 3.10. The Kier molecular flexibility index (Phi) is 2.12. The highest BCUT2D eigenvalue weighted by Gasteiger charge is 2.28. The second-order valence-electron chi connectivity index (χ2n) is 4.01. The molecule has 11 heavy (non-hydrogen) atoms. The zero-order valence-corrected chi connectivity index (χ0v) is 6.93. The number of nitrogens with zero attached hydrogens (tertiary/aromatic N) is 1. The van der Waals surface area contributed by atoms with Crippen LogP contribution in [0.5, 0.6) is 0 Å². The minimum Gasteiger partial charge on any atom is -0.303 e. The number of rotatable bonds is 3. The van der Waals surface area contributed by atoms with E-state index in [1.807, 2.05) is 0 Å². The molecule has 1 heterocycles. The number of alkyl halides is 1. The lowest BCUT2D eigenvalue weighted by molar-refractivity contribution is 0.293. The maximum Gasteiger partial charge on any atom is 0.0935 e. The Labute approximate surface area is 67.6 Å². The summed E-state index contributed by atoms with van der Waals surface area (Å²) >= 11 is 0. The molecule has 1 saturated carbocycles. The lowest BCUT2D eigenvalue weighted by Gasteiger charge is -2.13. The minimum absolute atomic E-state index is 0.110. The highest BCUT2D eigenvalue weighted by molar-refractivity contribution is 4.82. The Hall–Kier alpha value is -0.110. The van der Waals surface area contributed by atoms with E-state index in [1.54, 1.807) is 0 Å². The molecule has 2 aliphatic rings. The third kappa shape index (κ3) is 1.92. The monoisotopic (exact) mass is 157 g/mol. The van der Waals surface area contributed by atoms with Gasteiger partial charge < -0.3 is 4.90 Å². The van der Waals surface area contributed by atoms with Crippen LogP contribution < -0.4 is 0 Å². The first kappa shape index (κ1) is 7.53. The third-order valence-corrected chi connectivity index (χ3v) is 2.80. The van der Waals surface area contributed by atoms with Gasteiger partial charge in [0.25, 0.3) is 0 Å². The number of halogens is 1. The van der Waals surface area contributed by atoms with Crippen LogP contribution in [0.4, 0.5) is 4.39 Å². The fourth-order valence-electron chi connectivity index (χ4n) is 1.87. The fourth-order valence-corrected chi connectivity index (χ4v) is 1.87. The van der Waals surface area contributed by atoms with Gasteiger partial charge in [-0.1, -0.05) is 0 Å². The van der Waals surface area contributed by atoms with Gasteiger partial charge >= 0.3 is 0 Å². The molecule has 1 saturated heterocycles. The molecule has 1 aliphatic carbocycles. The van der Waals surface area contributed by atoms with Crippen molar-refractivity contribution in [1.29, 1.82) is 0 Å². The molecule has 2 fully saturated rings. The molecule has 1 atom stereocenters. The number of likely N-dealkylation sites (tertiary alicyclic amines) is 1. The second-order valence-corrected chi connectivity index (χ2v) is 4.01. The van der Waals surface area contributed by atoms with Crippen LogP contribution in [0.25, 0.3) is 0 Å². The van der Waals surface area contributed by atoms with Crippen LogP contribution in [0, 0.1) is 11.8 Å². The minimum atomic E-state index is -0.110. The van der Waals surface area contributed by atoms with Crippen molar-refractivity contribution in [3.05, 3.63) is 0 Å². The largest absolute Gasteiger partial charge is 0.303 e. The molecule has 0 unspecified atom stereocenters. The van der Waals surface area contributed by atoms with E-state index in [9.17, 15) is 4.39 Å². The normalized spacial score (nSPS) is 33.0. The van der Waals surface area contributed by atoms with E-state index in [4.69, 9.17) is 0 Å². The summed E-state index contributed by atoms with van der Waals surface area (Å²) in [7, 11) is 0. The van der Waals surface area contributed by atoms with E-state index in [0.29, 0.717) is 5.92 Å². The predicted octanol–water partition coefficient (Wildman–Crippen LogP) is 1.69. The topological polar surface area (TPSA) is 3.24 Å². The molecule has 1 nitrogen and oxygen atoms in total. The summed E-state index contributed by atoms with van der Waals surface area (Å²) in [6, 6.07) is 0. The Morgan fingerprint density at radius 2 is 2.00 bits per heavy atom. The average Bonchev–Trinajstić information content (AvgIpc) is 2.68. The fraction of sp³-hybridized carbons (Fsp3) is 1.00. The van der Waals surface area contributed by atoms with Crippen LogP contribution in [0.3, 0.4) is 0 Å². The van der Waals surface area contributed by atoms with Gasteiger partial charge in [-0.25, -0.2) is 0 Å². The van der Waals surface area contributed by atoms with E-state index in [2.05, 4.69) is 4.90 Å². The molecule has 0 aromatic carbocycles. The number of hydrogen-bond donors (Lipinski definition) is 0. The van der Waals surface area contributed by atoms with Gasteiger partial charge in [-0.3, -0.25) is 4.39 Å². The molecule has 0 radical (unpaired) electrons.